The number of rotatable bonds is 5. The Bertz CT molecular complexity index is 704. The van der Waals surface area contributed by atoms with Crippen LogP contribution in [-0.2, 0) is 22.3 Å². The summed E-state index contributed by atoms with van der Waals surface area (Å²) in [5, 5.41) is 0. The van der Waals surface area contributed by atoms with E-state index in [0.717, 1.165) is 5.56 Å². The number of nitrogens with two attached hydrogens (primary N) is 1. The molecule has 0 unspecified atom stereocenters. The Morgan fingerprint density at radius 1 is 1.20 bits per heavy atom. The second-order valence-corrected chi connectivity index (χ2v) is 6.80. The largest absolute Gasteiger partial charge is 0.326 e. The molecule has 20 heavy (non-hydrogen) atoms. The van der Waals surface area contributed by atoms with Gasteiger partial charge in [0.15, 0.2) is 5.82 Å². The topological polar surface area (TPSA) is 85.1 Å². The zero-order valence-electron chi connectivity index (χ0n) is 10.6. The molecule has 1 aromatic heterocycles. The maximum atomic E-state index is 12.1. The van der Waals surface area contributed by atoms with Crippen molar-refractivity contribution in [3.8, 4) is 0 Å². The molecule has 2 rings (SSSR count). The number of sulfonamides is 1. The lowest BCUT2D eigenvalue weighted by Gasteiger charge is -2.09. The molecular formula is C13H14BrN3O2S. The number of halogens is 1. The highest BCUT2D eigenvalue weighted by Gasteiger charge is 2.14. The van der Waals surface area contributed by atoms with Crippen LogP contribution in [0.15, 0.2) is 47.1 Å². The molecule has 0 spiro atoms. The van der Waals surface area contributed by atoms with Crippen molar-refractivity contribution in [2.24, 2.45) is 5.73 Å². The second-order valence-electron chi connectivity index (χ2n) is 4.22. The quantitative estimate of drug-likeness (QED) is 0.861. The van der Waals surface area contributed by atoms with E-state index in [1.54, 1.807) is 30.3 Å². The molecule has 0 fully saturated rings. The molecule has 3 N–H and O–H groups in total. The van der Waals surface area contributed by atoms with Gasteiger partial charge in [0.25, 0.3) is 0 Å². The van der Waals surface area contributed by atoms with Gasteiger partial charge >= 0.3 is 0 Å². The molecule has 0 saturated carbocycles. The van der Waals surface area contributed by atoms with Crippen LogP contribution in [0.4, 0.5) is 5.82 Å². The van der Waals surface area contributed by atoms with E-state index in [2.05, 4.69) is 25.6 Å². The van der Waals surface area contributed by atoms with Crippen LogP contribution in [0.25, 0.3) is 0 Å². The van der Waals surface area contributed by atoms with Crippen LogP contribution in [-0.4, -0.2) is 13.4 Å². The molecule has 0 atom stereocenters. The van der Waals surface area contributed by atoms with Crippen LogP contribution in [0.3, 0.4) is 0 Å². The Kier molecular flexibility index (Phi) is 4.74. The molecule has 0 aliphatic rings. The number of hydrogen-bond acceptors (Lipinski definition) is 4. The van der Waals surface area contributed by atoms with Gasteiger partial charge in [-0.3, -0.25) is 4.72 Å². The first kappa shape index (κ1) is 15.0. The van der Waals surface area contributed by atoms with Crippen molar-refractivity contribution in [2.75, 3.05) is 4.72 Å². The van der Waals surface area contributed by atoms with Crippen LogP contribution < -0.4 is 10.5 Å². The molecule has 5 nitrogen and oxygen atoms in total. The number of nitrogens with one attached hydrogen (secondary N) is 1. The van der Waals surface area contributed by atoms with Crippen molar-refractivity contribution in [1.29, 1.82) is 0 Å². The van der Waals surface area contributed by atoms with Gasteiger partial charge in [-0.25, -0.2) is 13.4 Å². The number of anilines is 1. The maximum Gasteiger partial charge on any atom is 0.238 e. The fourth-order valence-electron chi connectivity index (χ4n) is 1.71. The molecule has 1 heterocycles. The average Bonchev–Trinajstić information content (AvgIpc) is 2.41. The molecular weight excluding hydrogens is 342 g/mol. The average molecular weight is 356 g/mol. The zero-order valence-corrected chi connectivity index (χ0v) is 13.0. The number of hydrogen-bond donors (Lipinski definition) is 2. The Balaban J connectivity index is 2.17. The van der Waals surface area contributed by atoms with E-state index >= 15 is 0 Å². The third-order valence-electron chi connectivity index (χ3n) is 2.59. The van der Waals surface area contributed by atoms with Gasteiger partial charge in [-0.05, 0) is 39.2 Å². The Labute approximate surface area is 126 Å². The first-order valence-corrected chi connectivity index (χ1v) is 8.33. The van der Waals surface area contributed by atoms with Gasteiger partial charge in [-0.15, -0.1) is 0 Å². The summed E-state index contributed by atoms with van der Waals surface area (Å²) in [6.07, 6.45) is 1.53. The van der Waals surface area contributed by atoms with E-state index in [4.69, 9.17) is 5.73 Å². The van der Waals surface area contributed by atoms with E-state index in [-0.39, 0.29) is 11.6 Å². The Morgan fingerprint density at radius 2 is 1.95 bits per heavy atom. The Morgan fingerprint density at radius 3 is 2.65 bits per heavy atom. The minimum atomic E-state index is -3.52. The summed E-state index contributed by atoms with van der Waals surface area (Å²) in [6.45, 7) is 0.382. The van der Waals surface area contributed by atoms with Gasteiger partial charge < -0.3 is 5.73 Å². The van der Waals surface area contributed by atoms with Crippen molar-refractivity contribution in [1.82, 2.24) is 4.98 Å². The number of nitrogens with zero attached hydrogens (tertiary/aromatic N) is 1. The van der Waals surface area contributed by atoms with Crippen molar-refractivity contribution in [3.63, 3.8) is 0 Å². The summed E-state index contributed by atoms with van der Waals surface area (Å²) < 4.78 is 27.3. The first-order chi connectivity index (χ1) is 9.50. The monoisotopic (exact) mass is 355 g/mol. The molecule has 0 bridgehead atoms. The standard InChI is InChI=1S/C13H14BrN3O2S/c14-12-5-2-6-16-13(12)17-20(18,19)9-11-4-1-3-10(7-11)8-15/h1-7H,8-9,15H2,(H,16,17). The van der Waals surface area contributed by atoms with Gasteiger partial charge in [0.05, 0.1) is 10.2 Å². The highest BCUT2D eigenvalue weighted by atomic mass is 79.9. The molecule has 106 valence electrons. The highest BCUT2D eigenvalue weighted by Crippen LogP contribution is 2.20. The molecule has 0 aliphatic heterocycles. The van der Waals surface area contributed by atoms with Crippen LogP contribution >= 0.6 is 15.9 Å². The normalized spacial score (nSPS) is 11.3. The summed E-state index contributed by atoms with van der Waals surface area (Å²) in [7, 11) is -3.52. The van der Waals surface area contributed by atoms with Crippen molar-refractivity contribution in [3.05, 3.63) is 58.2 Å². The molecule has 7 heteroatoms. The van der Waals surface area contributed by atoms with Gasteiger partial charge in [-0.1, -0.05) is 24.3 Å². The van der Waals surface area contributed by atoms with Gasteiger partial charge in [0, 0.05) is 12.7 Å². The summed E-state index contributed by atoms with van der Waals surface area (Å²) in [5.41, 5.74) is 7.13. The van der Waals surface area contributed by atoms with E-state index in [9.17, 15) is 8.42 Å². The number of pyridine rings is 1. The fourth-order valence-corrected chi connectivity index (χ4v) is 3.34. The minimum Gasteiger partial charge on any atom is -0.326 e. The van der Waals surface area contributed by atoms with Gasteiger partial charge in [-0.2, -0.15) is 0 Å². The third-order valence-corrected chi connectivity index (χ3v) is 4.45. The highest BCUT2D eigenvalue weighted by molar-refractivity contribution is 9.10. The Hall–Kier alpha value is -1.44. The number of benzene rings is 1. The molecule has 0 radical (unpaired) electrons. The second kappa shape index (κ2) is 6.34. The van der Waals surface area contributed by atoms with E-state index in [1.807, 2.05) is 6.07 Å². The molecule has 2 aromatic rings. The fraction of sp³-hybridized carbons (Fsp3) is 0.154. The summed E-state index contributed by atoms with van der Waals surface area (Å²) in [4.78, 5) is 3.98. The first-order valence-electron chi connectivity index (χ1n) is 5.89. The smallest absolute Gasteiger partial charge is 0.238 e. The van der Waals surface area contributed by atoms with E-state index in [0.29, 0.717) is 16.6 Å². The predicted octanol–water partition coefficient (Wildman–Crippen LogP) is 2.24. The van der Waals surface area contributed by atoms with Crippen LogP contribution in [0, 0.1) is 0 Å². The maximum absolute atomic E-state index is 12.1. The van der Waals surface area contributed by atoms with Gasteiger partial charge in [0.2, 0.25) is 10.0 Å². The predicted molar refractivity (Wildman–Crippen MR) is 82.5 cm³/mol. The third kappa shape index (κ3) is 4.03. The zero-order chi connectivity index (χ0) is 14.6. The van der Waals surface area contributed by atoms with E-state index in [1.165, 1.54) is 6.20 Å². The number of aromatic nitrogens is 1. The summed E-state index contributed by atoms with van der Waals surface area (Å²) >= 11 is 3.25. The molecule has 0 amide bonds. The van der Waals surface area contributed by atoms with Crippen molar-refractivity contribution >= 4 is 31.8 Å². The van der Waals surface area contributed by atoms with Crippen LogP contribution in [0.2, 0.25) is 0 Å². The lowest BCUT2D eigenvalue weighted by Crippen LogP contribution is -2.16. The molecule has 0 aliphatic carbocycles. The van der Waals surface area contributed by atoms with Crippen molar-refractivity contribution in [2.45, 2.75) is 12.3 Å². The molecule has 1 aromatic carbocycles. The summed E-state index contributed by atoms with van der Waals surface area (Å²) in [6, 6.07) is 10.6. The van der Waals surface area contributed by atoms with Crippen molar-refractivity contribution < 1.29 is 8.42 Å². The van der Waals surface area contributed by atoms with Crippen LogP contribution in [0.5, 0.6) is 0 Å². The minimum absolute atomic E-state index is 0.121. The van der Waals surface area contributed by atoms with Gasteiger partial charge in [0.1, 0.15) is 0 Å². The summed E-state index contributed by atoms with van der Waals surface area (Å²) in [5.74, 6) is 0.159. The van der Waals surface area contributed by atoms with E-state index < -0.39 is 10.0 Å². The lowest BCUT2D eigenvalue weighted by molar-refractivity contribution is 0.600. The SMILES string of the molecule is NCc1cccc(CS(=O)(=O)Nc2ncccc2Br)c1. The lowest BCUT2D eigenvalue weighted by atomic mass is 10.1. The molecule has 0 saturated heterocycles. The van der Waals surface area contributed by atoms with Crippen LogP contribution in [0.1, 0.15) is 11.1 Å².